The highest BCUT2D eigenvalue weighted by atomic mass is 19.1. The van der Waals surface area contributed by atoms with E-state index in [0.717, 1.165) is 16.9 Å². The molecule has 1 heterocycles. The van der Waals surface area contributed by atoms with E-state index in [4.69, 9.17) is 10.5 Å². The van der Waals surface area contributed by atoms with E-state index < -0.39 is 6.17 Å². The van der Waals surface area contributed by atoms with Crippen LogP contribution in [-0.4, -0.2) is 41.3 Å². The zero-order valence-electron chi connectivity index (χ0n) is 14.6. The average molecular weight is 333 g/mol. The maximum atomic E-state index is 13.1. The first-order chi connectivity index (χ1) is 11.3. The number of aryl methyl sites for hydroxylation is 2. The van der Waals surface area contributed by atoms with Gasteiger partial charge in [-0.3, -0.25) is 0 Å². The first-order valence-corrected chi connectivity index (χ1v) is 7.90. The van der Waals surface area contributed by atoms with Crippen LogP contribution in [0.4, 0.5) is 16.3 Å². The number of benzene rings is 1. The lowest BCUT2D eigenvalue weighted by Crippen LogP contribution is -2.27. The maximum absolute atomic E-state index is 13.1. The summed E-state index contributed by atoms with van der Waals surface area (Å²) in [7, 11) is 1.84. The van der Waals surface area contributed by atoms with Gasteiger partial charge in [0.05, 0.1) is 6.54 Å². The smallest absolute Gasteiger partial charge is 0.230 e. The molecule has 1 unspecified atom stereocenters. The van der Waals surface area contributed by atoms with Gasteiger partial charge in [0.1, 0.15) is 24.4 Å². The van der Waals surface area contributed by atoms with E-state index >= 15 is 0 Å². The number of anilines is 2. The molecule has 0 radical (unpaired) electrons. The van der Waals surface area contributed by atoms with E-state index in [1.807, 2.05) is 37.9 Å². The highest BCUT2D eigenvalue weighted by Crippen LogP contribution is 2.16. The molecule has 0 aliphatic rings. The molecule has 0 saturated heterocycles. The normalized spacial score (nSPS) is 12.0. The van der Waals surface area contributed by atoms with Gasteiger partial charge in [0.2, 0.25) is 11.9 Å². The highest BCUT2D eigenvalue weighted by Gasteiger charge is 2.11. The minimum Gasteiger partial charge on any atom is -0.492 e. The Morgan fingerprint density at radius 2 is 1.83 bits per heavy atom. The van der Waals surface area contributed by atoms with Crippen LogP contribution in [0.1, 0.15) is 23.9 Å². The number of hydrogen-bond acceptors (Lipinski definition) is 6. The Hall–Kier alpha value is -2.44. The molecule has 2 rings (SSSR count). The van der Waals surface area contributed by atoms with Gasteiger partial charge in [-0.05, 0) is 44.0 Å². The summed E-state index contributed by atoms with van der Waals surface area (Å²) in [5, 5.41) is 0. The lowest BCUT2D eigenvalue weighted by atomic mass is 10.1. The third-order valence-corrected chi connectivity index (χ3v) is 3.38. The Balaban J connectivity index is 1.96. The predicted octanol–water partition coefficient (Wildman–Crippen LogP) is 2.49. The number of hydrogen-bond donors (Lipinski definition) is 1. The quantitative estimate of drug-likeness (QED) is 0.839. The molecule has 7 heteroatoms. The van der Waals surface area contributed by atoms with Crippen LogP contribution in [0.5, 0.6) is 5.75 Å². The molecule has 24 heavy (non-hydrogen) atoms. The number of rotatable bonds is 7. The standard InChI is InChI=1S/C17H24FN5O/c1-11-7-12(2)9-14(8-11)24-6-5-23(4)17-21-15(10-13(3)18)20-16(19)22-17/h7-9,13H,5-6,10H2,1-4H3,(H2,19,20,21,22). The second-order valence-electron chi connectivity index (χ2n) is 5.99. The van der Waals surface area contributed by atoms with Gasteiger partial charge in [0, 0.05) is 13.5 Å². The van der Waals surface area contributed by atoms with E-state index in [-0.39, 0.29) is 12.4 Å². The summed E-state index contributed by atoms with van der Waals surface area (Å²) in [6.45, 7) is 6.57. The van der Waals surface area contributed by atoms with Crippen LogP contribution in [0, 0.1) is 13.8 Å². The highest BCUT2D eigenvalue weighted by molar-refractivity contribution is 5.35. The van der Waals surface area contributed by atoms with Crippen LogP contribution in [0.3, 0.4) is 0 Å². The van der Waals surface area contributed by atoms with Gasteiger partial charge in [-0.15, -0.1) is 0 Å². The van der Waals surface area contributed by atoms with E-state index in [0.29, 0.717) is 24.9 Å². The fraction of sp³-hybridized carbons (Fsp3) is 0.471. The van der Waals surface area contributed by atoms with Gasteiger partial charge in [0.15, 0.2) is 0 Å². The summed E-state index contributed by atoms with van der Waals surface area (Å²) in [5.74, 6) is 1.71. The Morgan fingerprint density at radius 1 is 1.17 bits per heavy atom. The van der Waals surface area contributed by atoms with E-state index in [1.165, 1.54) is 6.92 Å². The predicted molar refractivity (Wildman–Crippen MR) is 93.2 cm³/mol. The minimum absolute atomic E-state index is 0.0951. The number of alkyl halides is 1. The van der Waals surface area contributed by atoms with Crippen molar-refractivity contribution in [3.63, 3.8) is 0 Å². The summed E-state index contributed by atoms with van der Waals surface area (Å²) in [5.41, 5.74) is 8.00. The molecule has 1 aromatic heterocycles. The largest absolute Gasteiger partial charge is 0.492 e. The first kappa shape index (κ1) is 17.9. The van der Waals surface area contributed by atoms with Crippen molar-refractivity contribution < 1.29 is 9.13 Å². The summed E-state index contributed by atoms with van der Waals surface area (Å²) in [6.07, 6.45) is -0.912. The maximum Gasteiger partial charge on any atom is 0.230 e. The van der Waals surface area contributed by atoms with Crippen molar-refractivity contribution in [1.29, 1.82) is 0 Å². The number of nitrogens with zero attached hydrogens (tertiary/aromatic N) is 4. The summed E-state index contributed by atoms with van der Waals surface area (Å²) in [4.78, 5) is 14.1. The minimum atomic E-state index is -1.03. The first-order valence-electron chi connectivity index (χ1n) is 7.90. The SMILES string of the molecule is Cc1cc(C)cc(OCCN(C)c2nc(N)nc(CC(C)F)n2)c1. The number of aromatic nitrogens is 3. The lowest BCUT2D eigenvalue weighted by molar-refractivity contribution is 0.324. The molecule has 2 aromatic rings. The van der Waals surface area contributed by atoms with Gasteiger partial charge in [-0.1, -0.05) is 6.07 Å². The number of likely N-dealkylation sites (N-methyl/N-ethyl adjacent to an activating group) is 1. The Labute approximate surface area is 141 Å². The molecule has 0 aliphatic heterocycles. The van der Waals surface area contributed by atoms with Crippen LogP contribution in [-0.2, 0) is 6.42 Å². The summed E-state index contributed by atoms with van der Waals surface area (Å²) < 4.78 is 18.9. The van der Waals surface area contributed by atoms with Crippen molar-refractivity contribution in [2.75, 3.05) is 30.8 Å². The van der Waals surface area contributed by atoms with Gasteiger partial charge in [0.25, 0.3) is 0 Å². The molecule has 6 nitrogen and oxygen atoms in total. The van der Waals surface area contributed by atoms with Gasteiger partial charge in [-0.25, -0.2) is 4.39 Å². The Morgan fingerprint density at radius 3 is 2.46 bits per heavy atom. The molecule has 1 aromatic carbocycles. The third-order valence-electron chi connectivity index (χ3n) is 3.38. The zero-order chi connectivity index (χ0) is 17.7. The molecule has 130 valence electrons. The van der Waals surface area contributed by atoms with E-state index in [1.54, 1.807) is 0 Å². The fourth-order valence-electron chi connectivity index (χ4n) is 2.36. The molecule has 0 aliphatic carbocycles. The van der Waals surface area contributed by atoms with Crippen molar-refractivity contribution in [2.24, 2.45) is 0 Å². The zero-order valence-corrected chi connectivity index (χ0v) is 14.6. The van der Waals surface area contributed by atoms with Crippen LogP contribution >= 0.6 is 0 Å². The number of nitrogen functional groups attached to an aromatic ring is 1. The molecule has 0 saturated carbocycles. The van der Waals surface area contributed by atoms with Crippen molar-refractivity contribution >= 4 is 11.9 Å². The molecule has 0 spiro atoms. The lowest BCUT2D eigenvalue weighted by Gasteiger charge is -2.18. The molecule has 0 bridgehead atoms. The fourth-order valence-corrected chi connectivity index (χ4v) is 2.36. The van der Waals surface area contributed by atoms with Crippen LogP contribution in [0.2, 0.25) is 0 Å². The van der Waals surface area contributed by atoms with Crippen molar-refractivity contribution in [3.8, 4) is 5.75 Å². The van der Waals surface area contributed by atoms with Crippen molar-refractivity contribution in [2.45, 2.75) is 33.4 Å². The Kier molecular flexibility index (Phi) is 5.89. The molecule has 1 atom stereocenters. The monoisotopic (exact) mass is 333 g/mol. The van der Waals surface area contributed by atoms with Crippen molar-refractivity contribution in [3.05, 3.63) is 35.2 Å². The summed E-state index contributed by atoms with van der Waals surface area (Å²) >= 11 is 0. The Bertz CT molecular complexity index is 672. The average Bonchev–Trinajstić information content (AvgIpc) is 2.44. The van der Waals surface area contributed by atoms with E-state index in [9.17, 15) is 4.39 Å². The third kappa shape index (κ3) is 5.33. The molecule has 2 N–H and O–H groups in total. The number of halogens is 1. The summed E-state index contributed by atoms with van der Waals surface area (Å²) in [6, 6.07) is 6.09. The van der Waals surface area contributed by atoms with Crippen LogP contribution < -0.4 is 15.4 Å². The van der Waals surface area contributed by atoms with Crippen LogP contribution in [0.25, 0.3) is 0 Å². The van der Waals surface area contributed by atoms with Gasteiger partial charge >= 0.3 is 0 Å². The van der Waals surface area contributed by atoms with Gasteiger partial charge < -0.3 is 15.4 Å². The second-order valence-corrected chi connectivity index (χ2v) is 5.99. The van der Waals surface area contributed by atoms with E-state index in [2.05, 4.69) is 21.0 Å². The number of ether oxygens (including phenoxy) is 1. The topological polar surface area (TPSA) is 77.2 Å². The van der Waals surface area contributed by atoms with Crippen LogP contribution in [0.15, 0.2) is 18.2 Å². The molecular weight excluding hydrogens is 309 g/mol. The number of nitrogens with two attached hydrogens (primary N) is 1. The molecule has 0 amide bonds. The van der Waals surface area contributed by atoms with Crippen molar-refractivity contribution in [1.82, 2.24) is 15.0 Å². The second kappa shape index (κ2) is 7.90. The van der Waals surface area contributed by atoms with Gasteiger partial charge in [-0.2, -0.15) is 15.0 Å². The molecular formula is C17H24FN5O. The molecule has 0 fully saturated rings.